The van der Waals surface area contributed by atoms with Gasteiger partial charge in [0, 0.05) is 16.8 Å². The molecule has 33 heavy (non-hydrogen) atoms. The minimum absolute atomic E-state index is 0.0575. The highest BCUT2D eigenvalue weighted by molar-refractivity contribution is 6.04. The molecule has 3 rings (SSSR count). The largest absolute Gasteiger partial charge is 0.496 e. The van der Waals surface area contributed by atoms with Crippen molar-refractivity contribution in [2.45, 2.75) is 26.7 Å². The maximum absolute atomic E-state index is 12.9. The Balaban J connectivity index is 1.72. The van der Waals surface area contributed by atoms with Crippen LogP contribution in [0.2, 0.25) is 0 Å². The highest BCUT2D eigenvalue weighted by atomic mass is 16.5. The Bertz CT molecular complexity index is 1130. The standard InChI is InChI=1S/C28H32N2O3/c1-19-17-22(20(2)31)10-14-26(19)21-8-12-25(13-9-21)29-28(32)24-11-15-27(33-5)23(18-24)7-6-16-30(3)4/h8-15,17-18H,6-7,16H2,1-5H3,(H,29,32). The molecule has 1 N–H and O–H groups in total. The van der Waals surface area contributed by atoms with Crippen LogP contribution in [0.3, 0.4) is 0 Å². The quantitative estimate of drug-likeness (QED) is 0.435. The zero-order chi connectivity index (χ0) is 24.0. The van der Waals surface area contributed by atoms with Crippen molar-refractivity contribution in [1.29, 1.82) is 0 Å². The topological polar surface area (TPSA) is 58.6 Å². The van der Waals surface area contributed by atoms with E-state index in [0.29, 0.717) is 11.1 Å². The molecule has 1 amide bonds. The van der Waals surface area contributed by atoms with Gasteiger partial charge in [-0.2, -0.15) is 0 Å². The first-order valence-electron chi connectivity index (χ1n) is 11.1. The fraction of sp³-hybridized carbons (Fsp3) is 0.286. The number of nitrogens with zero attached hydrogens (tertiary/aromatic N) is 1. The smallest absolute Gasteiger partial charge is 0.255 e. The highest BCUT2D eigenvalue weighted by Crippen LogP contribution is 2.27. The van der Waals surface area contributed by atoms with E-state index in [9.17, 15) is 9.59 Å². The molecule has 172 valence electrons. The van der Waals surface area contributed by atoms with E-state index in [4.69, 9.17) is 4.74 Å². The number of nitrogens with one attached hydrogen (secondary N) is 1. The lowest BCUT2D eigenvalue weighted by Crippen LogP contribution is -2.14. The van der Waals surface area contributed by atoms with Crippen LogP contribution >= 0.6 is 0 Å². The summed E-state index contributed by atoms with van der Waals surface area (Å²) in [6.45, 7) is 4.54. The fourth-order valence-corrected chi connectivity index (χ4v) is 3.84. The molecule has 0 radical (unpaired) electrons. The molecule has 0 aliphatic heterocycles. The first-order chi connectivity index (χ1) is 15.8. The second-order valence-corrected chi connectivity index (χ2v) is 8.55. The van der Waals surface area contributed by atoms with Crippen molar-refractivity contribution in [3.8, 4) is 16.9 Å². The SMILES string of the molecule is COc1ccc(C(=O)Nc2ccc(-c3ccc(C(C)=O)cc3C)cc2)cc1CCCN(C)C. The molecule has 0 unspecified atom stereocenters. The number of hydrogen-bond donors (Lipinski definition) is 1. The number of benzene rings is 3. The monoisotopic (exact) mass is 444 g/mol. The van der Waals surface area contributed by atoms with Crippen molar-refractivity contribution in [3.05, 3.63) is 82.9 Å². The zero-order valence-corrected chi connectivity index (χ0v) is 20.1. The summed E-state index contributed by atoms with van der Waals surface area (Å²) in [5, 5.41) is 2.98. The Kier molecular flexibility index (Phi) is 8.01. The number of ketones is 1. The maximum atomic E-state index is 12.9. The third-order valence-corrected chi connectivity index (χ3v) is 5.68. The van der Waals surface area contributed by atoms with E-state index in [2.05, 4.69) is 24.3 Å². The summed E-state index contributed by atoms with van der Waals surface area (Å²) in [5.41, 5.74) is 6.22. The lowest BCUT2D eigenvalue weighted by atomic mass is 9.97. The van der Waals surface area contributed by atoms with Crippen molar-refractivity contribution in [2.24, 2.45) is 0 Å². The molecule has 0 aliphatic carbocycles. The van der Waals surface area contributed by atoms with Gasteiger partial charge in [-0.25, -0.2) is 0 Å². The summed E-state index contributed by atoms with van der Waals surface area (Å²) in [5.74, 6) is 0.712. The van der Waals surface area contributed by atoms with E-state index in [1.807, 2.05) is 61.5 Å². The van der Waals surface area contributed by atoms with Gasteiger partial charge < -0.3 is 15.0 Å². The molecule has 5 heteroatoms. The van der Waals surface area contributed by atoms with Gasteiger partial charge >= 0.3 is 0 Å². The molecule has 0 atom stereocenters. The zero-order valence-electron chi connectivity index (χ0n) is 20.1. The number of hydrogen-bond acceptors (Lipinski definition) is 4. The van der Waals surface area contributed by atoms with Crippen LogP contribution in [0.25, 0.3) is 11.1 Å². The molecule has 3 aromatic carbocycles. The van der Waals surface area contributed by atoms with Gasteiger partial charge in [0.15, 0.2) is 5.78 Å². The predicted octanol–water partition coefficient (Wildman–Crippen LogP) is 5.62. The van der Waals surface area contributed by atoms with Crippen LogP contribution in [0.4, 0.5) is 5.69 Å². The summed E-state index contributed by atoms with van der Waals surface area (Å²) in [6, 6.07) is 19.0. The molecular formula is C28H32N2O3. The average Bonchev–Trinajstić information content (AvgIpc) is 2.79. The number of ether oxygens (including phenoxy) is 1. The number of amides is 1. The average molecular weight is 445 g/mol. The van der Waals surface area contributed by atoms with Crippen molar-refractivity contribution in [3.63, 3.8) is 0 Å². The first kappa shape index (κ1) is 24.2. The van der Waals surface area contributed by atoms with Crippen LogP contribution in [0.1, 0.15) is 45.2 Å². The molecule has 0 heterocycles. The van der Waals surface area contributed by atoms with Crippen LogP contribution in [-0.4, -0.2) is 44.3 Å². The summed E-state index contributed by atoms with van der Waals surface area (Å²) in [6.07, 6.45) is 1.83. The van der Waals surface area contributed by atoms with Crippen molar-refractivity contribution < 1.29 is 14.3 Å². The van der Waals surface area contributed by atoms with Crippen LogP contribution in [0.15, 0.2) is 60.7 Å². The van der Waals surface area contributed by atoms with Crippen LogP contribution in [-0.2, 0) is 6.42 Å². The van der Waals surface area contributed by atoms with E-state index in [1.165, 1.54) is 0 Å². The van der Waals surface area contributed by atoms with E-state index in [-0.39, 0.29) is 11.7 Å². The van der Waals surface area contributed by atoms with Gasteiger partial charge in [0.25, 0.3) is 5.91 Å². The normalized spacial score (nSPS) is 10.8. The predicted molar refractivity (Wildman–Crippen MR) is 134 cm³/mol. The summed E-state index contributed by atoms with van der Waals surface area (Å²) >= 11 is 0. The number of carbonyl (C=O) groups is 2. The van der Waals surface area contributed by atoms with E-state index in [1.54, 1.807) is 20.1 Å². The van der Waals surface area contributed by atoms with E-state index < -0.39 is 0 Å². The van der Waals surface area contributed by atoms with E-state index in [0.717, 1.165) is 53.1 Å². The van der Waals surface area contributed by atoms with Crippen LogP contribution in [0.5, 0.6) is 5.75 Å². The Hall–Kier alpha value is -3.44. The summed E-state index contributed by atoms with van der Waals surface area (Å²) in [7, 11) is 5.76. The summed E-state index contributed by atoms with van der Waals surface area (Å²) in [4.78, 5) is 26.6. The van der Waals surface area contributed by atoms with Gasteiger partial charge in [-0.05, 0) is 106 Å². The number of aryl methyl sites for hydroxylation is 2. The minimum atomic E-state index is -0.152. The lowest BCUT2D eigenvalue weighted by molar-refractivity contribution is 0.101. The molecule has 3 aromatic rings. The Morgan fingerprint density at radius 2 is 1.64 bits per heavy atom. The van der Waals surface area contributed by atoms with Gasteiger partial charge in [0.2, 0.25) is 0 Å². The number of carbonyl (C=O) groups excluding carboxylic acids is 2. The minimum Gasteiger partial charge on any atom is -0.496 e. The van der Waals surface area contributed by atoms with Gasteiger partial charge in [-0.15, -0.1) is 0 Å². The number of anilines is 1. The number of methoxy groups -OCH3 is 1. The van der Waals surface area contributed by atoms with Crippen LogP contribution < -0.4 is 10.1 Å². The second-order valence-electron chi connectivity index (χ2n) is 8.55. The van der Waals surface area contributed by atoms with Gasteiger partial charge in [0.1, 0.15) is 5.75 Å². The molecule has 0 saturated heterocycles. The molecule has 5 nitrogen and oxygen atoms in total. The fourth-order valence-electron chi connectivity index (χ4n) is 3.84. The molecule has 0 aliphatic rings. The molecule has 0 saturated carbocycles. The van der Waals surface area contributed by atoms with Crippen LogP contribution in [0, 0.1) is 6.92 Å². The second kappa shape index (κ2) is 10.9. The third-order valence-electron chi connectivity index (χ3n) is 5.68. The first-order valence-corrected chi connectivity index (χ1v) is 11.1. The van der Waals surface area contributed by atoms with Gasteiger partial charge in [-0.1, -0.05) is 24.3 Å². The number of Topliss-reactive ketones (excluding diaryl/α,β-unsaturated/α-hetero) is 1. The Morgan fingerprint density at radius 3 is 2.24 bits per heavy atom. The molecular weight excluding hydrogens is 412 g/mol. The Morgan fingerprint density at radius 1 is 0.939 bits per heavy atom. The lowest BCUT2D eigenvalue weighted by Gasteiger charge is -2.13. The molecule has 0 spiro atoms. The third kappa shape index (κ3) is 6.30. The summed E-state index contributed by atoms with van der Waals surface area (Å²) < 4.78 is 5.48. The molecule has 0 bridgehead atoms. The van der Waals surface area contributed by atoms with E-state index >= 15 is 0 Å². The molecule has 0 aromatic heterocycles. The molecule has 0 fully saturated rings. The maximum Gasteiger partial charge on any atom is 0.255 e. The van der Waals surface area contributed by atoms with Crippen molar-refractivity contribution >= 4 is 17.4 Å². The number of rotatable bonds is 9. The van der Waals surface area contributed by atoms with Gasteiger partial charge in [-0.3, -0.25) is 9.59 Å². The van der Waals surface area contributed by atoms with Crippen molar-refractivity contribution in [2.75, 3.05) is 33.1 Å². The van der Waals surface area contributed by atoms with Gasteiger partial charge in [0.05, 0.1) is 7.11 Å². The highest BCUT2D eigenvalue weighted by Gasteiger charge is 2.12. The Labute approximate surface area is 196 Å². The van der Waals surface area contributed by atoms with Crippen molar-refractivity contribution in [1.82, 2.24) is 4.90 Å².